The molecule has 3 aromatic rings. The van der Waals surface area contributed by atoms with Gasteiger partial charge in [-0.25, -0.2) is 0 Å². The Hall–Kier alpha value is -4.00. The van der Waals surface area contributed by atoms with Crippen molar-refractivity contribution in [3.05, 3.63) is 90.0 Å². The number of hydrogen-bond acceptors (Lipinski definition) is 7. The van der Waals surface area contributed by atoms with Crippen molar-refractivity contribution in [1.29, 1.82) is 0 Å². The average Bonchev–Trinajstić information content (AvgIpc) is 2.97. The molecule has 0 saturated carbocycles. The Morgan fingerprint density at radius 2 is 1.67 bits per heavy atom. The summed E-state index contributed by atoms with van der Waals surface area (Å²) in [6, 6.07) is 18.4. The van der Waals surface area contributed by atoms with Crippen molar-refractivity contribution in [1.82, 2.24) is 10.2 Å². The van der Waals surface area contributed by atoms with Crippen LogP contribution in [-0.2, 0) is 9.59 Å². The Morgan fingerprint density at radius 1 is 0.976 bits per heavy atom. The van der Waals surface area contributed by atoms with Gasteiger partial charge in [0.2, 0.25) is 11.8 Å². The fourth-order valence-corrected chi connectivity index (χ4v) is 5.24. The first-order valence-electron chi connectivity index (χ1n) is 13.3. The molecule has 8 nitrogen and oxygen atoms in total. The number of hydrogen-bond donors (Lipinski definition) is 4. The topological polar surface area (TPSA) is 109 Å². The molecule has 0 spiro atoms. The highest BCUT2D eigenvalue weighted by Crippen LogP contribution is 2.25. The molecule has 0 aromatic heterocycles. The first-order valence-corrected chi connectivity index (χ1v) is 14.5. The van der Waals surface area contributed by atoms with E-state index in [4.69, 9.17) is 5.73 Å². The fourth-order valence-electron chi connectivity index (χ4n) is 4.26. The average molecular weight is 600 g/mol. The quantitative estimate of drug-likeness (QED) is 0.179. The van der Waals surface area contributed by atoms with E-state index < -0.39 is 12.4 Å². The van der Waals surface area contributed by atoms with Gasteiger partial charge in [0.1, 0.15) is 11.8 Å². The number of rotatable bonds is 11. The third kappa shape index (κ3) is 9.82. The van der Waals surface area contributed by atoms with Crippen LogP contribution in [0.3, 0.4) is 0 Å². The van der Waals surface area contributed by atoms with Gasteiger partial charge >= 0.3 is 6.36 Å². The van der Waals surface area contributed by atoms with E-state index in [9.17, 15) is 22.8 Å². The lowest BCUT2D eigenvalue weighted by molar-refractivity contribution is -0.274. The van der Waals surface area contributed by atoms with E-state index in [2.05, 4.69) is 25.6 Å². The summed E-state index contributed by atoms with van der Waals surface area (Å²) in [5.74, 6) is 1.07. The van der Waals surface area contributed by atoms with Crippen molar-refractivity contribution in [2.24, 2.45) is 0 Å². The minimum Gasteiger partial charge on any atom is -0.406 e. The first-order chi connectivity index (χ1) is 20.2. The number of amides is 2. The van der Waals surface area contributed by atoms with Crippen molar-refractivity contribution in [3.63, 3.8) is 0 Å². The summed E-state index contributed by atoms with van der Waals surface area (Å²) in [5, 5.41) is 8.82. The van der Waals surface area contributed by atoms with Gasteiger partial charge in [-0.2, -0.15) is 11.8 Å². The van der Waals surface area contributed by atoms with Gasteiger partial charge in [0.15, 0.2) is 0 Å². The molecule has 3 aromatic carbocycles. The summed E-state index contributed by atoms with van der Waals surface area (Å²) < 4.78 is 41.4. The van der Waals surface area contributed by atoms with E-state index in [-0.39, 0.29) is 17.6 Å². The molecule has 1 heterocycles. The molecule has 1 aliphatic rings. The van der Waals surface area contributed by atoms with E-state index in [1.807, 2.05) is 11.8 Å². The third-order valence-electron chi connectivity index (χ3n) is 6.41. The second-order valence-electron chi connectivity index (χ2n) is 9.48. The number of carbonyl (C=O) groups is 2. The van der Waals surface area contributed by atoms with Crippen LogP contribution in [0.15, 0.2) is 78.9 Å². The lowest BCUT2D eigenvalue weighted by atomic mass is 10.0. The molecule has 4 rings (SSSR count). The van der Waals surface area contributed by atoms with Crippen LogP contribution in [-0.4, -0.2) is 60.8 Å². The van der Waals surface area contributed by atoms with Crippen molar-refractivity contribution >= 4 is 46.7 Å². The van der Waals surface area contributed by atoms with Crippen LogP contribution >= 0.6 is 11.8 Å². The molecule has 222 valence electrons. The molecule has 1 aliphatic heterocycles. The lowest BCUT2D eigenvalue weighted by Gasteiger charge is -2.27. The normalized spacial score (nSPS) is 14.8. The van der Waals surface area contributed by atoms with Gasteiger partial charge in [0.05, 0.1) is 11.4 Å². The molecule has 0 bridgehead atoms. The van der Waals surface area contributed by atoms with Gasteiger partial charge in [-0.05, 0) is 53.6 Å². The maximum atomic E-state index is 13.3. The van der Waals surface area contributed by atoms with Crippen LogP contribution in [0, 0.1) is 0 Å². The number of ether oxygens (including phenoxy) is 1. The molecule has 1 fully saturated rings. The predicted molar refractivity (Wildman–Crippen MR) is 161 cm³/mol. The van der Waals surface area contributed by atoms with E-state index in [1.54, 1.807) is 54.6 Å². The minimum absolute atomic E-state index is 0.332. The Balaban J connectivity index is 1.42. The van der Waals surface area contributed by atoms with Crippen molar-refractivity contribution in [2.75, 3.05) is 54.1 Å². The Morgan fingerprint density at radius 3 is 2.33 bits per heavy atom. The number of alkyl halides is 3. The lowest BCUT2D eigenvalue weighted by Crippen LogP contribution is -2.41. The maximum Gasteiger partial charge on any atom is 0.573 e. The van der Waals surface area contributed by atoms with Crippen LogP contribution in [0.5, 0.6) is 5.75 Å². The molecule has 1 unspecified atom stereocenters. The second-order valence-corrected chi connectivity index (χ2v) is 10.7. The van der Waals surface area contributed by atoms with Crippen LogP contribution in [0.25, 0.3) is 6.08 Å². The SMILES string of the molecule is Nc1ccccc1NC(=O)C=Cc1ccc(C(NCCN2CCSCC2)C(=O)Nc2ccc(OC(F)(F)F)cc2)cc1. The van der Waals surface area contributed by atoms with E-state index >= 15 is 0 Å². The highest BCUT2D eigenvalue weighted by atomic mass is 32.2. The zero-order valence-electron chi connectivity index (χ0n) is 22.7. The first kappa shape index (κ1) is 30.9. The number of halogens is 3. The number of carbonyl (C=O) groups excluding carboxylic acids is 2. The summed E-state index contributed by atoms with van der Waals surface area (Å²) in [4.78, 5) is 28.0. The number of thioether (sulfide) groups is 1. The fraction of sp³-hybridized carbons (Fsp3) is 0.267. The predicted octanol–water partition coefficient (Wildman–Crippen LogP) is 5.14. The van der Waals surface area contributed by atoms with Crippen LogP contribution in [0.4, 0.5) is 30.2 Å². The molecule has 42 heavy (non-hydrogen) atoms. The summed E-state index contributed by atoms with van der Waals surface area (Å²) >= 11 is 1.92. The Kier molecular flexibility index (Phi) is 10.9. The Labute approximate surface area is 246 Å². The number of anilines is 3. The van der Waals surface area contributed by atoms with E-state index in [0.29, 0.717) is 29.2 Å². The largest absolute Gasteiger partial charge is 0.573 e. The highest BCUT2D eigenvalue weighted by Gasteiger charge is 2.31. The zero-order valence-corrected chi connectivity index (χ0v) is 23.5. The molecule has 5 N–H and O–H groups in total. The van der Waals surface area contributed by atoms with Crippen LogP contribution < -0.4 is 26.4 Å². The van der Waals surface area contributed by atoms with Gasteiger partial charge in [0, 0.05) is 49.4 Å². The summed E-state index contributed by atoms with van der Waals surface area (Å²) in [7, 11) is 0. The second kappa shape index (κ2) is 14.8. The molecular formula is C30H32F3N5O3S. The summed E-state index contributed by atoms with van der Waals surface area (Å²) in [5.41, 5.74) is 8.63. The Bertz CT molecular complexity index is 1360. The minimum atomic E-state index is -4.80. The molecule has 0 aliphatic carbocycles. The molecule has 2 amide bonds. The molecule has 0 radical (unpaired) electrons. The van der Waals surface area contributed by atoms with Gasteiger partial charge in [-0.15, -0.1) is 13.2 Å². The van der Waals surface area contributed by atoms with Gasteiger partial charge in [-0.1, -0.05) is 36.4 Å². The van der Waals surface area contributed by atoms with Gasteiger partial charge < -0.3 is 31.3 Å². The summed E-state index contributed by atoms with van der Waals surface area (Å²) in [6.07, 6.45) is -1.75. The van der Waals surface area contributed by atoms with Crippen molar-refractivity contribution < 1.29 is 27.5 Å². The van der Waals surface area contributed by atoms with Crippen LogP contribution in [0.2, 0.25) is 0 Å². The smallest absolute Gasteiger partial charge is 0.406 e. The van der Waals surface area contributed by atoms with E-state index in [0.717, 1.165) is 48.8 Å². The number of nitrogens with one attached hydrogen (secondary N) is 3. The standard InChI is InChI=1S/C30H32F3N5O3S/c31-30(32,33)41-24-12-10-23(11-13-24)36-29(40)28(35-15-16-38-17-19-42-20-18-38)22-8-5-21(6-9-22)7-14-27(39)37-26-4-2-1-3-25(26)34/h1-14,28,35H,15-20,34H2,(H,36,40)(H,37,39). The number of benzene rings is 3. The van der Waals surface area contributed by atoms with Crippen LogP contribution in [0.1, 0.15) is 17.2 Å². The molecule has 1 saturated heterocycles. The highest BCUT2D eigenvalue weighted by molar-refractivity contribution is 7.99. The number of nitrogens with zero attached hydrogens (tertiary/aromatic N) is 1. The molecular weight excluding hydrogens is 567 g/mol. The number of nitrogen functional groups attached to an aromatic ring is 1. The van der Waals surface area contributed by atoms with Gasteiger partial charge in [-0.3, -0.25) is 9.59 Å². The number of para-hydroxylation sites is 2. The van der Waals surface area contributed by atoms with Crippen molar-refractivity contribution in [3.8, 4) is 5.75 Å². The van der Waals surface area contributed by atoms with Gasteiger partial charge in [0.25, 0.3) is 0 Å². The number of nitrogens with two attached hydrogens (primary N) is 1. The molecule has 12 heteroatoms. The third-order valence-corrected chi connectivity index (χ3v) is 7.36. The van der Waals surface area contributed by atoms with E-state index in [1.165, 1.54) is 18.2 Å². The summed E-state index contributed by atoms with van der Waals surface area (Å²) in [6.45, 7) is 3.31. The van der Waals surface area contributed by atoms with Crippen molar-refractivity contribution in [2.45, 2.75) is 12.4 Å². The molecule has 1 atom stereocenters. The zero-order chi connectivity index (χ0) is 30.0. The maximum absolute atomic E-state index is 13.3. The monoisotopic (exact) mass is 599 g/mol.